The van der Waals surface area contributed by atoms with Crippen molar-refractivity contribution in [1.82, 2.24) is 0 Å². The number of phenols is 1. The summed E-state index contributed by atoms with van der Waals surface area (Å²) in [5, 5.41) is 9.49. The second-order valence-corrected chi connectivity index (χ2v) is 2.85. The number of phenolic OH excluding ortho intramolecular Hbond substituents is 1. The van der Waals surface area contributed by atoms with Crippen molar-refractivity contribution in [2.75, 3.05) is 7.11 Å². The van der Waals surface area contributed by atoms with Crippen LogP contribution in [-0.4, -0.2) is 24.4 Å². The van der Waals surface area contributed by atoms with Gasteiger partial charge < -0.3 is 15.6 Å². The van der Waals surface area contributed by atoms with E-state index in [4.69, 9.17) is 10.5 Å². The Morgan fingerprint density at radius 2 is 2.25 bits per heavy atom. The van der Waals surface area contributed by atoms with Gasteiger partial charge in [-0.15, -0.1) is 0 Å². The summed E-state index contributed by atoms with van der Waals surface area (Å²) in [5.74, 6) is 3.64. The molecule has 1 amide bonds. The van der Waals surface area contributed by atoms with Gasteiger partial charge in [0.1, 0.15) is 0 Å². The molecule has 0 heterocycles. The van der Waals surface area contributed by atoms with Gasteiger partial charge in [-0.3, -0.25) is 9.59 Å². The zero-order valence-corrected chi connectivity index (χ0v) is 8.48. The van der Waals surface area contributed by atoms with Crippen LogP contribution in [0, 0.1) is 11.8 Å². The van der Waals surface area contributed by atoms with Gasteiger partial charge in [0.25, 0.3) is 5.91 Å². The molecular formula is C11H9NO4. The Morgan fingerprint density at radius 1 is 1.56 bits per heavy atom. The normalized spacial score (nSPS) is 8.81. The number of primary amides is 1. The molecule has 0 fully saturated rings. The van der Waals surface area contributed by atoms with Crippen molar-refractivity contribution in [3.8, 4) is 23.3 Å². The molecule has 3 N–H and O–H groups in total. The molecule has 0 radical (unpaired) electrons. The van der Waals surface area contributed by atoms with Gasteiger partial charge >= 0.3 is 0 Å². The zero-order valence-electron chi connectivity index (χ0n) is 8.48. The average molecular weight is 219 g/mol. The van der Waals surface area contributed by atoms with Crippen LogP contribution in [0.5, 0.6) is 11.5 Å². The third-order valence-corrected chi connectivity index (χ3v) is 1.78. The highest BCUT2D eigenvalue weighted by molar-refractivity contribution is 5.92. The highest BCUT2D eigenvalue weighted by Crippen LogP contribution is 2.29. The number of nitrogens with two attached hydrogens (primary N) is 1. The molecule has 0 saturated carbocycles. The Labute approximate surface area is 91.8 Å². The van der Waals surface area contributed by atoms with Crippen LogP contribution in [0.25, 0.3) is 0 Å². The molecule has 1 aromatic carbocycles. The van der Waals surface area contributed by atoms with Crippen molar-refractivity contribution in [2.24, 2.45) is 5.73 Å². The van der Waals surface area contributed by atoms with Gasteiger partial charge in [0.05, 0.1) is 12.7 Å². The first-order chi connectivity index (χ1) is 7.58. The van der Waals surface area contributed by atoms with Crippen LogP contribution in [0.2, 0.25) is 0 Å². The second-order valence-electron chi connectivity index (χ2n) is 2.85. The number of hydrogen-bond donors (Lipinski definition) is 2. The van der Waals surface area contributed by atoms with Crippen molar-refractivity contribution in [3.05, 3.63) is 23.3 Å². The van der Waals surface area contributed by atoms with Gasteiger partial charge in [-0.2, -0.15) is 0 Å². The van der Waals surface area contributed by atoms with Crippen molar-refractivity contribution < 1.29 is 19.4 Å². The van der Waals surface area contributed by atoms with Crippen molar-refractivity contribution in [3.63, 3.8) is 0 Å². The van der Waals surface area contributed by atoms with Crippen LogP contribution >= 0.6 is 0 Å². The number of aromatic hydroxyl groups is 1. The Kier molecular flexibility index (Phi) is 3.51. The molecule has 0 aliphatic heterocycles. The average Bonchev–Trinajstić information content (AvgIpc) is 2.27. The van der Waals surface area contributed by atoms with E-state index >= 15 is 0 Å². The van der Waals surface area contributed by atoms with E-state index in [1.165, 1.54) is 19.2 Å². The maximum absolute atomic E-state index is 10.6. The quantitative estimate of drug-likeness (QED) is 0.543. The van der Waals surface area contributed by atoms with Gasteiger partial charge in [0.15, 0.2) is 17.8 Å². The lowest BCUT2D eigenvalue weighted by Gasteiger charge is -2.05. The summed E-state index contributed by atoms with van der Waals surface area (Å²) in [7, 11) is 1.34. The van der Waals surface area contributed by atoms with E-state index in [0.717, 1.165) is 0 Å². The molecular weight excluding hydrogens is 210 g/mol. The van der Waals surface area contributed by atoms with Crippen LogP contribution in [-0.2, 0) is 4.79 Å². The minimum absolute atomic E-state index is 0.0353. The molecule has 0 aromatic heterocycles. The molecule has 0 aliphatic carbocycles. The minimum Gasteiger partial charge on any atom is -0.504 e. The number of amides is 1. The Morgan fingerprint density at radius 3 is 2.75 bits per heavy atom. The third-order valence-electron chi connectivity index (χ3n) is 1.78. The fourth-order valence-corrected chi connectivity index (χ4v) is 1.08. The summed E-state index contributed by atoms with van der Waals surface area (Å²) < 4.78 is 4.84. The monoisotopic (exact) mass is 219 g/mol. The van der Waals surface area contributed by atoms with Crippen LogP contribution in [0.4, 0.5) is 0 Å². The van der Waals surface area contributed by atoms with E-state index in [1.807, 2.05) is 0 Å². The third kappa shape index (κ3) is 2.51. The van der Waals surface area contributed by atoms with Crippen LogP contribution < -0.4 is 10.5 Å². The smallest absolute Gasteiger partial charge is 0.293 e. The number of rotatable bonds is 2. The second kappa shape index (κ2) is 4.84. The number of hydrogen-bond acceptors (Lipinski definition) is 4. The van der Waals surface area contributed by atoms with Crippen molar-refractivity contribution in [1.29, 1.82) is 0 Å². The summed E-state index contributed by atoms with van der Waals surface area (Å²) in [6, 6.07) is 2.74. The van der Waals surface area contributed by atoms with Gasteiger partial charge in [-0.1, -0.05) is 5.92 Å². The first-order valence-electron chi connectivity index (χ1n) is 4.26. The topological polar surface area (TPSA) is 89.6 Å². The van der Waals surface area contributed by atoms with Gasteiger partial charge in [-0.05, 0) is 18.1 Å². The van der Waals surface area contributed by atoms with Gasteiger partial charge in [0, 0.05) is 5.56 Å². The molecule has 0 aliphatic rings. The van der Waals surface area contributed by atoms with Crippen molar-refractivity contribution in [2.45, 2.75) is 0 Å². The van der Waals surface area contributed by atoms with Crippen LogP contribution in [0.15, 0.2) is 12.1 Å². The SMILES string of the molecule is COc1cc(C#CC(N)=O)cc(C=O)c1O. The standard InChI is InChI=1S/C11H9NO4/c1-16-9-5-7(2-3-10(12)14)4-8(6-13)11(9)15/h4-6,15H,1H3,(H2,12,14). The predicted octanol–water partition coefficient (Wildman–Crippen LogP) is 0.0501. The number of aldehydes is 1. The predicted molar refractivity (Wildman–Crippen MR) is 56.1 cm³/mol. The molecule has 0 unspecified atom stereocenters. The molecule has 5 nitrogen and oxygen atoms in total. The molecule has 0 saturated heterocycles. The van der Waals surface area contributed by atoms with E-state index in [1.54, 1.807) is 0 Å². The number of ether oxygens (including phenoxy) is 1. The number of benzene rings is 1. The lowest BCUT2D eigenvalue weighted by molar-refractivity contribution is -0.112. The summed E-state index contributed by atoms with van der Waals surface area (Å²) in [6.45, 7) is 0. The van der Waals surface area contributed by atoms with Gasteiger partial charge in [-0.25, -0.2) is 0 Å². The first kappa shape index (κ1) is 11.6. The molecule has 0 spiro atoms. The largest absolute Gasteiger partial charge is 0.504 e. The lowest BCUT2D eigenvalue weighted by atomic mass is 10.1. The molecule has 0 atom stereocenters. The summed E-state index contributed by atoms with van der Waals surface area (Å²) in [5.41, 5.74) is 5.24. The van der Waals surface area contributed by atoms with E-state index in [0.29, 0.717) is 11.8 Å². The van der Waals surface area contributed by atoms with E-state index < -0.39 is 5.91 Å². The highest BCUT2D eigenvalue weighted by atomic mass is 16.5. The molecule has 5 heteroatoms. The summed E-state index contributed by atoms with van der Waals surface area (Å²) in [4.78, 5) is 21.1. The summed E-state index contributed by atoms with van der Waals surface area (Å²) >= 11 is 0. The van der Waals surface area contributed by atoms with Gasteiger partial charge in [0.2, 0.25) is 0 Å². The first-order valence-corrected chi connectivity index (χ1v) is 4.26. The van der Waals surface area contributed by atoms with Crippen LogP contribution in [0.3, 0.4) is 0 Å². The van der Waals surface area contributed by atoms with E-state index in [2.05, 4.69) is 11.8 Å². The maximum atomic E-state index is 10.6. The van der Waals surface area contributed by atoms with E-state index in [-0.39, 0.29) is 17.1 Å². The Balaban J connectivity index is 3.29. The molecule has 16 heavy (non-hydrogen) atoms. The Hall–Kier alpha value is -2.48. The number of carbonyl (C=O) groups is 2. The molecule has 82 valence electrons. The molecule has 1 aromatic rings. The number of carbonyl (C=O) groups excluding carboxylic acids is 2. The van der Waals surface area contributed by atoms with Crippen molar-refractivity contribution >= 4 is 12.2 Å². The van der Waals surface area contributed by atoms with E-state index in [9.17, 15) is 14.7 Å². The fourth-order valence-electron chi connectivity index (χ4n) is 1.08. The zero-order chi connectivity index (χ0) is 12.1. The maximum Gasteiger partial charge on any atom is 0.293 e. The summed E-state index contributed by atoms with van der Waals surface area (Å²) in [6.07, 6.45) is 0.466. The number of methoxy groups -OCH3 is 1. The molecule has 0 bridgehead atoms. The Bertz CT molecular complexity index is 497. The minimum atomic E-state index is -0.778. The van der Waals surface area contributed by atoms with Crippen LogP contribution in [0.1, 0.15) is 15.9 Å². The lowest BCUT2D eigenvalue weighted by Crippen LogP contribution is -2.06. The highest BCUT2D eigenvalue weighted by Gasteiger charge is 2.08. The molecule has 1 rings (SSSR count). The fraction of sp³-hybridized carbons (Fsp3) is 0.0909.